The molecule has 112 valence electrons. The fraction of sp³-hybridized carbons (Fsp3) is 0.412. The van der Waals surface area contributed by atoms with Crippen molar-refractivity contribution in [2.45, 2.75) is 32.2 Å². The van der Waals surface area contributed by atoms with E-state index in [9.17, 15) is 0 Å². The van der Waals surface area contributed by atoms with E-state index in [0.717, 1.165) is 25.3 Å². The number of benzene rings is 1. The summed E-state index contributed by atoms with van der Waals surface area (Å²) in [5, 5.41) is 3.73. The summed E-state index contributed by atoms with van der Waals surface area (Å²) >= 11 is 5.43. The lowest BCUT2D eigenvalue weighted by Gasteiger charge is -2.24. The maximum absolute atomic E-state index is 5.89. The molecule has 0 spiro atoms. The number of fused-ring (bicyclic) bond motifs is 1. The zero-order chi connectivity index (χ0) is 14.8. The Hall–Kier alpha value is -0.840. The van der Waals surface area contributed by atoms with Crippen molar-refractivity contribution in [3.05, 3.63) is 50.1 Å². The molecule has 0 amide bonds. The van der Waals surface area contributed by atoms with Crippen LogP contribution in [0.2, 0.25) is 0 Å². The molecule has 2 unspecified atom stereocenters. The van der Waals surface area contributed by atoms with Crippen molar-refractivity contribution in [2.75, 3.05) is 13.2 Å². The van der Waals surface area contributed by atoms with Gasteiger partial charge in [0, 0.05) is 22.4 Å². The maximum atomic E-state index is 5.89. The van der Waals surface area contributed by atoms with Crippen LogP contribution in [0.25, 0.3) is 0 Å². The zero-order valence-electron chi connectivity index (χ0n) is 12.4. The molecule has 0 bridgehead atoms. The zero-order valence-corrected chi connectivity index (χ0v) is 14.8. The minimum Gasteiger partial charge on any atom is -0.493 e. The second-order valence-corrected chi connectivity index (χ2v) is 8.08. The van der Waals surface area contributed by atoms with E-state index in [0.29, 0.717) is 12.0 Å². The number of para-hydroxylation sites is 1. The fourth-order valence-electron chi connectivity index (χ4n) is 3.00. The summed E-state index contributed by atoms with van der Waals surface area (Å²) in [7, 11) is 0. The van der Waals surface area contributed by atoms with E-state index in [1.807, 2.05) is 6.07 Å². The monoisotopic (exact) mass is 365 g/mol. The topological polar surface area (TPSA) is 21.3 Å². The Balaban J connectivity index is 1.95. The summed E-state index contributed by atoms with van der Waals surface area (Å²) in [6.07, 6.45) is 1.13. The maximum Gasteiger partial charge on any atom is 0.122 e. The molecule has 1 aromatic carbocycles. The molecule has 4 heteroatoms. The molecule has 1 N–H and O–H groups in total. The highest BCUT2D eigenvalue weighted by Crippen LogP contribution is 2.43. The van der Waals surface area contributed by atoms with Crippen LogP contribution in [0.3, 0.4) is 0 Å². The summed E-state index contributed by atoms with van der Waals surface area (Å²) in [6.45, 7) is 6.19. The lowest BCUT2D eigenvalue weighted by Crippen LogP contribution is -2.28. The van der Waals surface area contributed by atoms with E-state index in [-0.39, 0.29) is 0 Å². The number of aryl methyl sites for hydroxylation is 1. The largest absolute Gasteiger partial charge is 0.493 e. The van der Waals surface area contributed by atoms with Gasteiger partial charge >= 0.3 is 0 Å². The standard InChI is InChI=1S/C17H20BrNOS/c1-3-8-19-17(13-9-16(18)21-11(13)2)14-10-20-15-7-5-4-6-12(14)15/h4-7,9,14,17,19H,3,8,10H2,1-2H3. The van der Waals surface area contributed by atoms with Gasteiger partial charge in [-0.05, 0) is 53.5 Å². The fourth-order valence-corrected chi connectivity index (χ4v) is 4.76. The van der Waals surface area contributed by atoms with Crippen molar-refractivity contribution < 1.29 is 4.74 Å². The van der Waals surface area contributed by atoms with E-state index < -0.39 is 0 Å². The quantitative estimate of drug-likeness (QED) is 0.801. The van der Waals surface area contributed by atoms with Gasteiger partial charge in [0.15, 0.2) is 0 Å². The molecule has 0 saturated carbocycles. The first-order chi connectivity index (χ1) is 10.2. The highest BCUT2D eigenvalue weighted by molar-refractivity contribution is 9.11. The molecular weight excluding hydrogens is 346 g/mol. The number of hydrogen-bond donors (Lipinski definition) is 1. The van der Waals surface area contributed by atoms with E-state index in [4.69, 9.17) is 4.74 Å². The second kappa shape index (κ2) is 6.51. The predicted molar refractivity (Wildman–Crippen MR) is 92.5 cm³/mol. The molecule has 1 aliphatic heterocycles. The molecule has 0 fully saturated rings. The van der Waals surface area contributed by atoms with Gasteiger partial charge in [-0.15, -0.1) is 11.3 Å². The van der Waals surface area contributed by atoms with Crippen molar-refractivity contribution in [3.8, 4) is 5.75 Å². The average Bonchev–Trinajstić information content (AvgIpc) is 3.04. The third-order valence-electron chi connectivity index (χ3n) is 4.01. The summed E-state index contributed by atoms with van der Waals surface area (Å²) in [6, 6.07) is 11.0. The predicted octanol–water partition coefficient (Wildman–Crippen LogP) is 5.04. The first-order valence-corrected chi connectivity index (χ1v) is 9.02. The Labute approximate surface area is 138 Å². The van der Waals surface area contributed by atoms with Crippen molar-refractivity contribution in [1.29, 1.82) is 0 Å². The van der Waals surface area contributed by atoms with Gasteiger partial charge in [0.25, 0.3) is 0 Å². The molecule has 0 saturated heterocycles. The van der Waals surface area contributed by atoms with Crippen LogP contribution in [0.1, 0.15) is 41.3 Å². The Morgan fingerprint density at radius 3 is 2.95 bits per heavy atom. The molecule has 2 aromatic rings. The van der Waals surface area contributed by atoms with Crippen molar-refractivity contribution >= 4 is 27.3 Å². The molecule has 1 aliphatic rings. The Bertz CT molecular complexity index is 625. The number of ether oxygens (including phenoxy) is 1. The minimum atomic E-state index is 0.316. The molecular formula is C17H20BrNOS. The SMILES string of the molecule is CCCNC(c1cc(Br)sc1C)C1COc2ccccc21. The van der Waals surface area contributed by atoms with Crippen LogP contribution in [-0.2, 0) is 0 Å². The van der Waals surface area contributed by atoms with Gasteiger partial charge < -0.3 is 10.1 Å². The molecule has 3 rings (SSSR count). The number of hydrogen-bond acceptors (Lipinski definition) is 3. The van der Waals surface area contributed by atoms with Gasteiger partial charge in [0.1, 0.15) is 5.75 Å². The van der Waals surface area contributed by atoms with E-state index >= 15 is 0 Å². The van der Waals surface area contributed by atoms with Crippen molar-refractivity contribution in [3.63, 3.8) is 0 Å². The van der Waals surface area contributed by atoms with Gasteiger partial charge in [-0.1, -0.05) is 25.1 Å². The summed E-state index contributed by atoms with van der Waals surface area (Å²) in [5.74, 6) is 1.42. The Morgan fingerprint density at radius 2 is 2.24 bits per heavy atom. The molecule has 2 heterocycles. The number of halogens is 1. The van der Waals surface area contributed by atoms with E-state index in [2.05, 4.69) is 59.4 Å². The van der Waals surface area contributed by atoms with E-state index in [1.54, 1.807) is 11.3 Å². The van der Waals surface area contributed by atoms with Crippen LogP contribution in [0.5, 0.6) is 5.75 Å². The van der Waals surface area contributed by atoms with Gasteiger partial charge in [-0.3, -0.25) is 0 Å². The Morgan fingerprint density at radius 1 is 1.43 bits per heavy atom. The molecule has 1 aromatic heterocycles. The summed E-state index contributed by atoms with van der Waals surface area (Å²) in [5.41, 5.74) is 2.72. The highest BCUT2D eigenvalue weighted by atomic mass is 79.9. The Kier molecular flexibility index (Phi) is 4.67. The first kappa shape index (κ1) is 15.1. The summed E-state index contributed by atoms with van der Waals surface area (Å²) in [4.78, 5) is 1.37. The highest BCUT2D eigenvalue weighted by Gasteiger charge is 2.33. The van der Waals surface area contributed by atoms with Crippen LogP contribution in [0, 0.1) is 6.92 Å². The van der Waals surface area contributed by atoms with Crippen molar-refractivity contribution in [2.24, 2.45) is 0 Å². The average molecular weight is 366 g/mol. The molecule has 0 radical (unpaired) electrons. The van der Waals surface area contributed by atoms with Gasteiger partial charge in [0.05, 0.1) is 10.4 Å². The van der Waals surface area contributed by atoms with Crippen LogP contribution in [0.15, 0.2) is 34.1 Å². The molecule has 0 aliphatic carbocycles. The second-order valence-electron chi connectivity index (χ2n) is 5.45. The molecule has 21 heavy (non-hydrogen) atoms. The molecule has 2 nitrogen and oxygen atoms in total. The lowest BCUT2D eigenvalue weighted by atomic mass is 9.88. The van der Waals surface area contributed by atoms with Crippen LogP contribution < -0.4 is 10.1 Å². The smallest absolute Gasteiger partial charge is 0.122 e. The van der Waals surface area contributed by atoms with E-state index in [1.165, 1.54) is 19.8 Å². The van der Waals surface area contributed by atoms with Crippen molar-refractivity contribution in [1.82, 2.24) is 5.32 Å². The molecule has 2 atom stereocenters. The van der Waals surface area contributed by atoms with Gasteiger partial charge in [0.2, 0.25) is 0 Å². The third-order valence-corrected chi connectivity index (χ3v) is 5.58. The normalized spacial score (nSPS) is 18.3. The lowest BCUT2D eigenvalue weighted by molar-refractivity contribution is 0.299. The minimum absolute atomic E-state index is 0.316. The first-order valence-electron chi connectivity index (χ1n) is 7.41. The third kappa shape index (κ3) is 3.03. The summed E-state index contributed by atoms with van der Waals surface area (Å²) < 4.78 is 7.09. The number of nitrogens with one attached hydrogen (secondary N) is 1. The van der Waals surface area contributed by atoms with Crippen LogP contribution >= 0.6 is 27.3 Å². The number of rotatable bonds is 5. The van der Waals surface area contributed by atoms with Gasteiger partial charge in [-0.2, -0.15) is 0 Å². The van der Waals surface area contributed by atoms with Gasteiger partial charge in [-0.25, -0.2) is 0 Å². The van der Waals surface area contributed by atoms with Crippen LogP contribution in [-0.4, -0.2) is 13.2 Å². The van der Waals surface area contributed by atoms with Crippen LogP contribution in [0.4, 0.5) is 0 Å². The number of thiophene rings is 1.